The van der Waals surface area contributed by atoms with Gasteiger partial charge in [-0.25, -0.2) is 0 Å². The van der Waals surface area contributed by atoms with Gasteiger partial charge >= 0.3 is 0 Å². The molecule has 0 saturated heterocycles. The second kappa shape index (κ2) is 3.89. The molecule has 0 aromatic carbocycles. The zero-order chi connectivity index (χ0) is 6.53. The number of rotatable bonds is 2. The molecule has 1 atom stereocenters. The molecule has 0 aliphatic heterocycles. The van der Waals surface area contributed by atoms with Gasteiger partial charge in [-0.05, 0) is 26.2 Å². The summed E-state index contributed by atoms with van der Waals surface area (Å²) in [6.07, 6.45) is 7.99. The van der Waals surface area contributed by atoms with Gasteiger partial charge in [0.25, 0.3) is 0 Å². The van der Waals surface area contributed by atoms with Crippen molar-refractivity contribution in [1.29, 1.82) is 0 Å². The summed E-state index contributed by atoms with van der Waals surface area (Å²) in [4.78, 5) is 0. The topological polar surface area (TPSA) is 9.23 Å². The van der Waals surface area contributed by atoms with Crippen molar-refractivity contribution < 1.29 is 4.74 Å². The van der Waals surface area contributed by atoms with E-state index in [0.717, 1.165) is 6.61 Å². The van der Waals surface area contributed by atoms with E-state index in [9.17, 15) is 0 Å². The Hall–Kier alpha value is -0.0400. The van der Waals surface area contributed by atoms with Crippen molar-refractivity contribution in [3.8, 4) is 0 Å². The van der Waals surface area contributed by atoms with Gasteiger partial charge in [-0.3, -0.25) is 0 Å². The summed E-state index contributed by atoms with van der Waals surface area (Å²) in [5.74, 6) is 0. The minimum absolute atomic E-state index is 0.476. The highest BCUT2D eigenvalue weighted by Gasteiger charge is 2.12. The monoisotopic (exact) mass is 127 g/mol. The highest BCUT2D eigenvalue weighted by atomic mass is 16.5. The molecule has 1 rings (SSSR count). The van der Waals surface area contributed by atoms with Gasteiger partial charge in [0, 0.05) is 6.61 Å². The first-order valence-corrected chi connectivity index (χ1v) is 3.88. The molecule has 0 aromatic heterocycles. The Morgan fingerprint density at radius 1 is 1.56 bits per heavy atom. The Bertz CT molecular complexity index is 62.2. The maximum absolute atomic E-state index is 5.43. The van der Waals surface area contributed by atoms with E-state index in [2.05, 4.69) is 13.3 Å². The lowest BCUT2D eigenvalue weighted by Gasteiger charge is -2.20. The van der Waals surface area contributed by atoms with Gasteiger partial charge in [-0.1, -0.05) is 12.8 Å². The lowest BCUT2D eigenvalue weighted by molar-refractivity contribution is 0.0672. The SMILES string of the molecule is CCO[C@H]1[CH]CCCC1. The Labute approximate surface area is 57.4 Å². The van der Waals surface area contributed by atoms with Crippen molar-refractivity contribution in [2.24, 2.45) is 0 Å². The predicted octanol–water partition coefficient (Wildman–Crippen LogP) is 2.17. The third-order valence-corrected chi connectivity index (χ3v) is 1.75. The molecule has 1 radical (unpaired) electrons. The predicted molar refractivity (Wildman–Crippen MR) is 38.2 cm³/mol. The van der Waals surface area contributed by atoms with Crippen molar-refractivity contribution >= 4 is 0 Å². The van der Waals surface area contributed by atoms with Crippen LogP contribution in [0.4, 0.5) is 0 Å². The molecule has 1 aliphatic rings. The highest BCUT2D eigenvalue weighted by molar-refractivity contribution is 4.81. The lowest BCUT2D eigenvalue weighted by atomic mass is 9.98. The Balaban J connectivity index is 2.08. The highest BCUT2D eigenvalue weighted by Crippen LogP contribution is 2.18. The molecule has 1 nitrogen and oxygen atoms in total. The zero-order valence-electron chi connectivity index (χ0n) is 6.10. The maximum atomic E-state index is 5.43. The molecule has 1 fully saturated rings. The van der Waals surface area contributed by atoms with Crippen molar-refractivity contribution in [3.63, 3.8) is 0 Å². The fourth-order valence-corrected chi connectivity index (χ4v) is 1.28. The lowest BCUT2D eigenvalue weighted by Crippen LogP contribution is -2.16. The molecule has 0 N–H and O–H groups in total. The van der Waals surface area contributed by atoms with Crippen LogP contribution in [0.3, 0.4) is 0 Å². The fourth-order valence-electron chi connectivity index (χ4n) is 1.28. The van der Waals surface area contributed by atoms with Gasteiger partial charge in [-0.15, -0.1) is 0 Å². The smallest absolute Gasteiger partial charge is 0.0606 e. The molecule has 0 aromatic rings. The average Bonchev–Trinajstić information content (AvgIpc) is 1.91. The molecule has 0 bridgehead atoms. The van der Waals surface area contributed by atoms with Crippen LogP contribution in [0.1, 0.15) is 32.6 Å². The van der Waals surface area contributed by atoms with Gasteiger partial charge in [0.1, 0.15) is 0 Å². The fraction of sp³-hybridized carbons (Fsp3) is 0.875. The van der Waals surface area contributed by atoms with Crippen molar-refractivity contribution in [2.75, 3.05) is 6.61 Å². The zero-order valence-corrected chi connectivity index (χ0v) is 6.10. The molecule has 53 valence electrons. The third kappa shape index (κ3) is 2.35. The molecular formula is C8H15O. The summed E-state index contributed by atoms with van der Waals surface area (Å²) in [7, 11) is 0. The summed E-state index contributed by atoms with van der Waals surface area (Å²) in [5, 5.41) is 0. The van der Waals surface area contributed by atoms with Crippen LogP contribution in [0, 0.1) is 6.42 Å². The van der Waals surface area contributed by atoms with E-state index in [1.165, 1.54) is 25.7 Å². The third-order valence-electron chi connectivity index (χ3n) is 1.75. The first kappa shape index (κ1) is 7.07. The number of hydrogen-bond donors (Lipinski definition) is 0. The van der Waals surface area contributed by atoms with E-state index in [1.54, 1.807) is 0 Å². The Morgan fingerprint density at radius 3 is 3.00 bits per heavy atom. The summed E-state index contributed by atoms with van der Waals surface area (Å²) in [5.41, 5.74) is 0. The summed E-state index contributed by atoms with van der Waals surface area (Å²) < 4.78 is 5.43. The van der Waals surface area contributed by atoms with Crippen molar-refractivity contribution in [1.82, 2.24) is 0 Å². The molecule has 0 heterocycles. The largest absolute Gasteiger partial charge is 0.378 e. The van der Waals surface area contributed by atoms with Crippen LogP contribution < -0.4 is 0 Å². The first-order valence-electron chi connectivity index (χ1n) is 3.88. The molecule has 1 aliphatic carbocycles. The van der Waals surface area contributed by atoms with E-state index in [1.807, 2.05) is 0 Å². The van der Waals surface area contributed by atoms with E-state index in [-0.39, 0.29) is 0 Å². The average molecular weight is 127 g/mol. The van der Waals surface area contributed by atoms with Gasteiger partial charge in [-0.2, -0.15) is 0 Å². The molecule has 0 unspecified atom stereocenters. The minimum Gasteiger partial charge on any atom is -0.378 e. The summed E-state index contributed by atoms with van der Waals surface area (Å²) in [6.45, 7) is 2.92. The second-order valence-corrected chi connectivity index (χ2v) is 2.51. The van der Waals surface area contributed by atoms with Crippen LogP contribution in [0.15, 0.2) is 0 Å². The molecule has 0 amide bonds. The van der Waals surface area contributed by atoms with E-state index in [4.69, 9.17) is 4.74 Å². The Kier molecular flexibility index (Phi) is 3.05. The standard InChI is InChI=1S/C8H15O/c1-2-9-8-6-4-3-5-7-8/h6,8H,2-5,7H2,1H3/t8-/m0/s1. The number of ether oxygens (including phenoxy) is 1. The Morgan fingerprint density at radius 2 is 2.44 bits per heavy atom. The van der Waals surface area contributed by atoms with Crippen LogP contribution in [0.2, 0.25) is 0 Å². The van der Waals surface area contributed by atoms with Crippen LogP contribution in [-0.4, -0.2) is 12.7 Å². The molecular weight excluding hydrogens is 112 g/mol. The van der Waals surface area contributed by atoms with Crippen molar-refractivity contribution in [2.45, 2.75) is 38.7 Å². The van der Waals surface area contributed by atoms with Crippen LogP contribution in [-0.2, 0) is 4.74 Å². The maximum Gasteiger partial charge on any atom is 0.0606 e. The molecule has 0 spiro atoms. The van der Waals surface area contributed by atoms with Crippen LogP contribution >= 0.6 is 0 Å². The number of hydrogen-bond acceptors (Lipinski definition) is 1. The van der Waals surface area contributed by atoms with Gasteiger partial charge in [0.05, 0.1) is 6.10 Å². The van der Waals surface area contributed by atoms with Crippen LogP contribution in [0.5, 0.6) is 0 Å². The van der Waals surface area contributed by atoms with Gasteiger partial charge in [0.2, 0.25) is 0 Å². The second-order valence-electron chi connectivity index (χ2n) is 2.51. The molecule has 1 heteroatoms. The van der Waals surface area contributed by atoms with E-state index < -0.39 is 0 Å². The summed E-state index contributed by atoms with van der Waals surface area (Å²) >= 11 is 0. The first-order chi connectivity index (χ1) is 4.43. The van der Waals surface area contributed by atoms with Gasteiger partial charge in [0.15, 0.2) is 0 Å². The van der Waals surface area contributed by atoms with Crippen molar-refractivity contribution in [3.05, 3.63) is 6.42 Å². The summed E-state index contributed by atoms with van der Waals surface area (Å²) in [6, 6.07) is 0. The van der Waals surface area contributed by atoms with E-state index >= 15 is 0 Å². The minimum atomic E-state index is 0.476. The normalized spacial score (nSPS) is 22.3. The molecule has 1 saturated carbocycles. The van der Waals surface area contributed by atoms with Gasteiger partial charge < -0.3 is 4.74 Å². The quantitative estimate of drug-likeness (QED) is 0.552. The van der Waals surface area contributed by atoms with Crippen LogP contribution in [0.25, 0.3) is 0 Å². The molecule has 9 heavy (non-hydrogen) atoms. The van der Waals surface area contributed by atoms with E-state index in [0.29, 0.717) is 6.10 Å².